The summed E-state index contributed by atoms with van der Waals surface area (Å²) in [5.74, 6) is 1.23. The van der Waals surface area contributed by atoms with Crippen LogP contribution >= 0.6 is 0 Å². The van der Waals surface area contributed by atoms with Crippen molar-refractivity contribution in [1.82, 2.24) is 15.1 Å². The molecule has 1 saturated heterocycles. The van der Waals surface area contributed by atoms with Gasteiger partial charge in [-0.15, -0.1) is 5.10 Å². The molecule has 2 atom stereocenters. The van der Waals surface area contributed by atoms with Crippen LogP contribution < -0.4 is 9.47 Å². The topological polar surface area (TPSA) is 73.8 Å². The fourth-order valence-electron chi connectivity index (χ4n) is 5.03. The normalized spacial score (nSPS) is 17.1. The lowest BCUT2D eigenvalue weighted by molar-refractivity contribution is -0.0138. The van der Waals surface area contributed by atoms with Crippen molar-refractivity contribution in [3.05, 3.63) is 84.1 Å². The van der Waals surface area contributed by atoms with E-state index in [4.69, 9.17) is 14.2 Å². The highest BCUT2D eigenvalue weighted by Gasteiger charge is 2.48. The smallest absolute Gasteiger partial charge is 0.410 e. The molecule has 7 nitrogen and oxygen atoms in total. The summed E-state index contributed by atoms with van der Waals surface area (Å²) in [6, 6.07) is 21.9. The number of carbonyl (C=O) groups is 1. The number of benzene rings is 2. The fourth-order valence-corrected chi connectivity index (χ4v) is 5.03. The van der Waals surface area contributed by atoms with E-state index in [0.29, 0.717) is 25.6 Å². The lowest BCUT2D eigenvalue weighted by Gasteiger charge is -2.40. The number of unbranched alkanes of at least 4 members (excludes halogenated alkanes) is 1. The zero-order valence-corrected chi connectivity index (χ0v) is 22.9. The zero-order valence-electron chi connectivity index (χ0n) is 22.9. The molecular weight excluding hydrogens is 478 g/mol. The van der Waals surface area contributed by atoms with Crippen LogP contribution in [0.25, 0.3) is 0 Å². The Hall–Kier alpha value is -3.61. The third kappa shape index (κ3) is 6.82. The van der Waals surface area contributed by atoms with Gasteiger partial charge in [-0.25, -0.2) is 4.79 Å². The van der Waals surface area contributed by atoms with E-state index in [1.807, 2.05) is 69.3 Å². The van der Waals surface area contributed by atoms with E-state index in [0.717, 1.165) is 42.6 Å². The van der Waals surface area contributed by atoms with Crippen LogP contribution in [0.5, 0.6) is 11.6 Å². The van der Waals surface area contributed by atoms with Crippen LogP contribution in [0.3, 0.4) is 0 Å². The Kier molecular flexibility index (Phi) is 8.87. The van der Waals surface area contributed by atoms with Crippen molar-refractivity contribution in [3.63, 3.8) is 0 Å². The molecule has 1 aliphatic rings. The van der Waals surface area contributed by atoms with Gasteiger partial charge in [-0.1, -0.05) is 61.9 Å². The minimum Gasteiger partial charge on any atom is -0.488 e. The van der Waals surface area contributed by atoms with Gasteiger partial charge >= 0.3 is 6.09 Å². The van der Waals surface area contributed by atoms with Crippen LogP contribution in [-0.4, -0.2) is 39.9 Å². The maximum atomic E-state index is 13.0. The second-order valence-corrected chi connectivity index (χ2v) is 10.8. The number of aromatic nitrogens is 2. The molecule has 0 spiro atoms. The second-order valence-electron chi connectivity index (χ2n) is 10.8. The molecule has 2 heterocycles. The Morgan fingerprint density at radius 1 is 1.03 bits per heavy atom. The standard InChI is InChI=1S/C31H39N3O4/c1-5-6-19-31(37-28-17-12-20-32-33-28,25-18-21-34(22-25)29(35)38-30(2,3)4)26-15-10-11-16-27(26)36-23-24-13-8-7-9-14-24/h7-17,20,25H,5-6,18-19,21-23H2,1-4H3. The molecule has 0 radical (unpaired) electrons. The van der Waals surface area contributed by atoms with E-state index >= 15 is 0 Å². The van der Waals surface area contributed by atoms with E-state index in [1.54, 1.807) is 11.1 Å². The van der Waals surface area contributed by atoms with Crippen LogP contribution in [0.15, 0.2) is 72.9 Å². The Balaban J connectivity index is 1.72. The predicted octanol–water partition coefficient (Wildman–Crippen LogP) is 6.78. The first-order valence-electron chi connectivity index (χ1n) is 13.5. The Labute approximate surface area is 226 Å². The van der Waals surface area contributed by atoms with Crippen molar-refractivity contribution in [2.45, 2.75) is 71.2 Å². The first-order chi connectivity index (χ1) is 18.3. The van der Waals surface area contributed by atoms with Crippen molar-refractivity contribution in [2.24, 2.45) is 5.92 Å². The quantitative estimate of drug-likeness (QED) is 0.295. The SMILES string of the molecule is CCCCC(Oc1cccnn1)(c1ccccc1OCc1ccccc1)C1CCN(C(=O)OC(C)(C)C)C1. The molecule has 0 bridgehead atoms. The third-order valence-electron chi connectivity index (χ3n) is 6.82. The molecule has 0 saturated carbocycles. The molecule has 1 amide bonds. The summed E-state index contributed by atoms with van der Waals surface area (Å²) in [7, 11) is 0. The van der Waals surface area contributed by atoms with Gasteiger partial charge in [0.15, 0.2) is 0 Å². The summed E-state index contributed by atoms with van der Waals surface area (Å²) in [5, 5.41) is 8.34. The summed E-state index contributed by atoms with van der Waals surface area (Å²) < 4.78 is 19.0. The van der Waals surface area contributed by atoms with E-state index in [2.05, 4.69) is 35.3 Å². The summed E-state index contributed by atoms with van der Waals surface area (Å²) in [6.07, 6.45) is 4.81. The highest BCUT2D eigenvalue weighted by molar-refractivity contribution is 5.68. The van der Waals surface area contributed by atoms with Crippen molar-refractivity contribution in [1.29, 1.82) is 0 Å². The molecule has 3 aromatic rings. The minimum atomic E-state index is -0.768. The van der Waals surface area contributed by atoms with Crippen LogP contribution in [0.1, 0.15) is 64.5 Å². The summed E-state index contributed by atoms with van der Waals surface area (Å²) >= 11 is 0. The summed E-state index contributed by atoms with van der Waals surface area (Å²) in [6.45, 7) is 9.41. The monoisotopic (exact) mass is 517 g/mol. The molecule has 2 unspecified atom stereocenters. The number of ether oxygens (including phenoxy) is 3. The molecule has 38 heavy (non-hydrogen) atoms. The number of hydrogen-bond acceptors (Lipinski definition) is 6. The average molecular weight is 518 g/mol. The molecule has 0 aliphatic carbocycles. The van der Waals surface area contributed by atoms with Gasteiger partial charge in [-0.05, 0) is 57.7 Å². The average Bonchev–Trinajstić information content (AvgIpc) is 3.42. The highest BCUT2D eigenvalue weighted by atomic mass is 16.6. The van der Waals surface area contributed by atoms with Crippen molar-refractivity contribution < 1.29 is 19.0 Å². The fraction of sp³-hybridized carbons (Fsp3) is 0.452. The molecule has 1 aromatic heterocycles. The van der Waals surface area contributed by atoms with E-state index in [1.165, 1.54) is 0 Å². The Bertz CT molecular complexity index is 1170. The van der Waals surface area contributed by atoms with Gasteiger partial charge in [0.25, 0.3) is 0 Å². The largest absolute Gasteiger partial charge is 0.488 e. The predicted molar refractivity (Wildman–Crippen MR) is 147 cm³/mol. The van der Waals surface area contributed by atoms with Gasteiger partial charge < -0.3 is 19.1 Å². The number of hydrogen-bond donors (Lipinski definition) is 0. The van der Waals surface area contributed by atoms with Gasteiger partial charge in [0.05, 0.1) is 0 Å². The number of rotatable bonds is 10. The van der Waals surface area contributed by atoms with Gasteiger partial charge in [-0.2, -0.15) is 5.10 Å². The van der Waals surface area contributed by atoms with Crippen LogP contribution in [-0.2, 0) is 16.9 Å². The molecular formula is C31H39N3O4. The number of likely N-dealkylation sites (tertiary alicyclic amines) is 1. The van der Waals surface area contributed by atoms with Crippen LogP contribution in [0.4, 0.5) is 4.79 Å². The number of amides is 1. The maximum Gasteiger partial charge on any atom is 0.410 e. The number of nitrogens with zero attached hydrogens (tertiary/aromatic N) is 3. The molecule has 0 N–H and O–H groups in total. The Morgan fingerprint density at radius 2 is 1.79 bits per heavy atom. The van der Waals surface area contributed by atoms with Crippen LogP contribution in [0, 0.1) is 5.92 Å². The highest BCUT2D eigenvalue weighted by Crippen LogP contribution is 2.47. The summed E-state index contributed by atoms with van der Waals surface area (Å²) in [5.41, 5.74) is 0.734. The minimum absolute atomic E-state index is 0.00468. The first kappa shape index (κ1) is 27.4. The van der Waals surface area contributed by atoms with Gasteiger partial charge in [0, 0.05) is 36.8 Å². The zero-order chi connectivity index (χ0) is 27.0. The molecule has 1 fully saturated rings. The van der Waals surface area contributed by atoms with Crippen molar-refractivity contribution >= 4 is 6.09 Å². The maximum absolute atomic E-state index is 13.0. The molecule has 1 aliphatic heterocycles. The lowest BCUT2D eigenvalue weighted by atomic mass is 9.76. The van der Waals surface area contributed by atoms with E-state index < -0.39 is 11.2 Å². The van der Waals surface area contributed by atoms with Crippen LogP contribution in [0.2, 0.25) is 0 Å². The third-order valence-corrected chi connectivity index (χ3v) is 6.82. The van der Waals surface area contributed by atoms with Crippen molar-refractivity contribution in [2.75, 3.05) is 13.1 Å². The van der Waals surface area contributed by atoms with Gasteiger partial charge in [-0.3, -0.25) is 0 Å². The molecule has 202 valence electrons. The molecule has 4 rings (SSSR count). The van der Waals surface area contributed by atoms with Crippen molar-refractivity contribution in [3.8, 4) is 11.6 Å². The Morgan fingerprint density at radius 3 is 2.50 bits per heavy atom. The van der Waals surface area contributed by atoms with E-state index in [9.17, 15) is 4.79 Å². The second kappa shape index (κ2) is 12.3. The number of carbonyl (C=O) groups excluding carboxylic acids is 1. The molecule has 2 aromatic carbocycles. The van der Waals surface area contributed by atoms with Gasteiger partial charge in [0.2, 0.25) is 5.88 Å². The van der Waals surface area contributed by atoms with Gasteiger partial charge in [0.1, 0.15) is 23.6 Å². The first-order valence-corrected chi connectivity index (χ1v) is 13.5. The number of para-hydroxylation sites is 1. The molecule has 7 heteroatoms. The van der Waals surface area contributed by atoms with E-state index in [-0.39, 0.29) is 12.0 Å². The lowest BCUT2D eigenvalue weighted by Crippen LogP contribution is -2.44. The summed E-state index contributed by atoms with van der Waals surface area (Å²) in [4.78, 5) is 14.8.